The van der Waals surface area contributed by atoms with E-state index in [0.717, 1.165) is 0 Å². The van der Waals surface area contributed by atoms with Gasteiger partial charge in [-0.1, -0.05) is 23.2 Å². The lowest BCUT2D eigenvalue weighted by molar-refractivity contribution is 0.0697. The number of anilines is 2. The standard InChI is InChI=1S/C13H7Cl2N3O2/c14-9-2-1-7(6-16)10(5-9)17-12-4-8(13(19)20)3-11(15)18-12/h1-5H,(H,17,18)(H,19,20). The molecule has 0 bridgehead atoms. The van der Waals surface area contributed by atoms with E-state index in [1.165, 1.54) is 12.1 Å². The fourth-order valence-corrected chi connectivity index (χ4v) is 1.92. The van der Waals surface area contributed by atoms with Crippen LogP contribution in [0.2, 0.25) is 10.2 Å². The van der Waals surface area contributed by atoms with Gasteiger partial charge in [-0.25, -0.2) is 9.78 Å². The van der Waals surface area contributed by atoms with Crippen molar-refractivity contribution in [2.24, 2.45) is 0 Å². The first-order valence-electron chi connectivity index (χ1n) is 5.37. The van der Waals surface area contributed by atoms with Crippen molar-refractivity contribution >= 4 is 40.7 Å². The van der Waals surface area contributed by atoms with Gasteiger partial charge in [0.25, 0.3) is 0 Å². The Morgan fingerprint density at radius 3 is 2.70 bits per heavy atom. The number of hydrogen-bond donors (Lipinski definition) is 2. The number of carboxylic acid groups (broad SMARTS) is 1. The third kappa shape index (κ3) is 3.18. The van der Waals surface area contributed by atoms with Crippen molar-refractivity contribution in [3.63, 3.8) is 0 Å². The van der Waals surface area contributed by atoms with E-state index < -0.39 is 5.97 Å². The zero-order chi connectivity index (χ0) is 14.7. The van der Waals surface area contributed by atoms with E-state index in [4.69, 9.17) is 33.6 Å². The van der Waals surface area contributed by atoms with Crippen LogP contribution in [0, 0.1) is 11.3 Å². The van der Waals surface area contributed by atoms with Gasteiger partial charge < -0.3 is 10.4 Å². The number of rotatable bonds is 3. The summed E-state index contributed by atoms with van der Waals surface area (Å²) in [6, 6.07) is 9.22. The maximum Gasteiger partial charge on any atom is 0.335 e. The van der Waals surface area contributed by atoms with Gasteiger partial charge in [-0.3, -0.25) is 0 Å². The van der Waals surface area contributed by atoms with Gasteiger partial charge in [0.1, 0.15) is 17.0 Å². The Kier molecular flexibility index (Phi) is 4.08. The van der Waals surface area contributed by atoms with E-state index in [9.17, 15) is 4.79 Å². The lowest BCUT2D eigenvalue weighted by Gasteiger charge is -2.09. The quantitative estimate of drug-likeness (QED) is 0.844. The molecule has 0 saturated heterocycles. The topological polar surface area (TPSA) is 86.0 Å². The predicted octanol–water partition coefficient (Wildman–Crippen LogP) is 3.70. The van der Waals surface area contributed by atoms with E-state index in [1.54, 1.807) is 18.2 Å². The summed E-state index contributed by atoms with van der Waals surface area (Å²) in [6.45, 7) is 0. The van der Waals surface area contributed by atoms with Crippen LogP contribution >= 0.6 is 23.2 Å². The van der Waals surface area contributed by atoms with Crippen LogP contribution in [-0.2, 0) is 0 Å². The molecule has 20 heavy (non-hydrogen) atoms. The molecule has 2 aromatic rings. The summed E-state index contributed by atoms with van der Waals surface area (Å²) >= 11 is 11.6. The number of nitrogens with zero attached hydrogens (tertiary/aromatic N) is 2. The van der Waals surface area contributed by atoms with Crippen LogP contribution in [0.25, 0.3) is 0 Å². The molecule has 0 saturated carbocycles. The van der Waals surface area contributed by atoms with Gasteiger partial charge in [0, 0.05) is 5.02 Å². The summed E-state index contributed by atoms with van der Waals surface area (Å²) in [4.78, 5) is 14.9. The Labute approximate surface area is 124 Å². The first-order chi connectivity index (χ1) is 9.49. The minimum Gasteiger partial charge on any atom is -0.478 e. The fourth-order valence-electron chi connectivity index (χ4n) is 1.54. The molecule has 0 unspecified atom stereocenters. The molecule has 0 aliphatic rings. The second-order valence-electron chi connectivity index (χ2n) is 3.80. The average molecular weight is 308 g/mol. The maximum atomic E-state index is 10.9. The van der Waals surface area contributed by atoms with Crippen LogP contribution < -0.4 is 5.32 Å². The number of aromatic carboxylic acids is 1. The number of hydrogen-bond acceptors (Lipinski definition) is 4. The Hall–Kier alpha value is -2.29. The molecule has 0 spiro atoms. The van der Waals surface area contributed by atoms with Crippen LogP contribution in [-0.4, -0.2) is 16.1 Å². The molecule has 2 N–H and O–H groups in total. The third-order valence-electron chi connectivity index (χ3n) is 2.41. The van der Waals surface area contributed by atoms with Crippen molar-refractivity contribution in [2.75, 3.05) is 5.32 Å². The van der Waals surface area contributed by atoms with Crippen LogP contribution in [0.4, 0.5) is 11.5 Å². The van der Waals surface area contributed by atoms with Crippen molar-refractivity contribution in [2.45, 2.75) is 0 Å². The van der Waals surface area contributed by atoms with Crippen LogP contribution in [0.15, 0.2) is 30.3 Å². The minimum atomic E-state index is -1.12. The molecule has 7 heteroatoms. The summed E-state index contributed by atoms with van der Waals surface area (Å²) in [5, 5.41) is 21.3. The first kappa shape index (κ1) is 14.1. The second kappa shape index (κ2) is 5.78. The fraction of sp³-hybridized carbons (Fsp3) is 0. The highest BCUT2D eigenvalue weighted by Crippen LogP contribution is 2.25. The molecule has 0 aliphatic heterocycles. The van der Waals surface area contributed by atoms with Crippen LogP contribution in [0.1, 0.15) is 15.9 Å². The van der Waals surface area contributed by atoms with Crippen molar-refractivity contribution in [3.05, 3.63) is 51.6 Å². The van der Waals surface area contributed by atoms with Crippen molar-refractivity contribution in [1.82, 2.24) is 4.98 Å². The van der Waals surface area contributed by atoms with E-state index >= 15 is 0 Å². The highest BCUT2D eigenvalue weighted by atomic mass is 35.5. The molecule has 0 fully saturated rings. The minimum absolute atomic E-state index is 0.00645. The molecule has 100 valence electrons. The summed E-state index contributed by atoms with van der Waals surface area (Å²) in [5.41, 5.74) is 0.771. The Balaban J connectivity index is 2.42. The largest absolute Gasteiger partial charge is 0.478 e. The maximum absolute atomic E-state index is 10.9. The molecule has 1 heterocycles. The van der Waals surface area contributed by atoms with Crippen molar-refractivity contribution < 1.29 is 9.90 Å². The highest BCUT2D eigenvalue weighted by molar-refractivity contribution is 6.31. The van der Waals surface area contributed by atoms with Gasteiger partial charge >= 0.3 is 5.97 Å². The van der Waals surface area contributed by atoms with Gasteiger partial charge in [-0.05, 0) is 30.3 Å². The molecule has 0 radical (unpaired) electrons. The van der Waals surface area contributed by atoms with E-state index in [1.807, 2.05) is 6.07 Å². The number of nitriles is 1. The van der Waals surface area contributed by atoms with Gasteiger partial charge in [0.15, 0.2) is 0 Å². The summed E-state index contributed by atoms with van der Waals surface area (Å²) < 4.78 is 0. The monoisotopic (exact) mass is 307 g/mol. The van der Waals surface area contributed by atoms with Gasteiger partial charge in [0.2, 0.25) is 0 Å². The van der Waals surface area contributed by atoms with Crippen molar-refractivity contribution in [3.8, 4) is 6.07 Å². The number of benzene rings is 1. The lowest BCUT2D eigenvalue weighted by atomic mass is 10.2. The smallest absolute Gasteiger partial charge is 0.335 e. The zero-order valence-electron chi connectivity index (χ0n) is 9.89. The van der Waals surface area contributed by atoms with Gasteiger partial charge in [0.05, 0.1) is 16.8 Å². The number of pyridine rings is 1. The summed E-state index contributed by atoms with van der Waals surface area (Å²) in [6.07, 6.45) is 0. The molecule has 0 atom stereocenters. The predicted molar refractivity (Wildman–Crippen MR) is 75.7 cm³/mol. The second-order valence-corrected chi connectivity index (χ2v) is 4.62. The zero-order valence-corrected chi connectivity index (χ0v) is 11.4. The van der Waals surface area contributed by atoms with E-state index in [-0.39, 0.29) is 16.5 Å². The molecule has 1 aromatic carbocycles. The molecule has 1 aromatic heterocycles. The van der Waals surface area contributed by atoms with Crippen LogP contribution in [0.3, 0.4) is 0 Å². The number of carbonyl (C=O) groups is 1. The van der Waals surface area contributed by atoms with Gasteiger partial charge in [-0.2, -0.15) is 5.26 Å². The molecule has 2 rings (SSSR count). The highest BCUT2D eigenvalue weighted by Gasteiger charge is 2.09. The lowest BCUT2D eigenvalue weighted by Crippen LogP contribution is -2.01. The van der Waals surface area contributed by atoms with E-state index in [2.05, 4.69) is 10.3 Å². The number of carboxylic acids is 1. The molecular weight excluding hydrogens is 301 g/mol. The molecule has 0 amide bonds. The Morgan fingerprint density at radius 1 is 1.30 bits per heavy atom. The van der Waals surface area contributed by atoms with E-state index in [0.29, 0.717) is 16.3 Å². The van der Waals surface area contributed by atoms with Crippen LogP contribution in [0.5, 0.6) is 0 Å². The Morgan fingerprint density at radius 2 is 2.05 bits per heavy atom. The normalized spacial score (nSPS) is 9.85. The molecule has 5 nitrogen and oxygen atoms in total. The Bertz CT molecular complexity index is 726. The van der Waals surface area contributed by atoms with Crippen molar-refractivity contribution in [1.29, 1.82) is 5.26 Å². The van der Waals surface area contributed by atoms with Gasteiger partial charge in [-0.15, -0.1) is 0 Å². The summed E-state index contributed by atoms with van der Waals surface area (Å²) in [5.74, 6) is -0.905. The third-order valence-corrected chi connectivity index (χ3v) is 2.83. The molecular formula is C13H7Cl2N3O2. The number of aromatic nitrogens is 1. The first-order valence-corrected chi connectivity index (χ1v) is 6.13. The molecule has 0 aliphatic carbocycles. The number of nitrogens with one attached hydrogen (secondary N) is 1. The SMILES string of the molecule is N#Cc1ccc(Cl)cc1Nc1cc(C(=O)O)cc(Cl)n1. The summed E-state index contributed by atoms with van der Waals surface area (Å²) in [7, 11) is 0. The number of halogens is 2. The average Bonchev–Trinajstić information content (AvgIpc) is 2.38.